The van der Waals surface area contributed by atoms with Crippen LogP contribution in [-0.2, 0) is 22.3 Å². The Morgan fingerprint density at radius 3 is 2.76 bits per heavy atom. The van der Waals surface area contributed by atoms with Crippen LogP contribution in [0.3, 0.4) is 0 Å². The molecule has 0 saturated heterocycles. The molecule has 0 aliphatic rings. The molecule has 1 unspecified atom stereocenters. The highest BCUT2D eigenvalue weighted by atomic mass is 35.5. The number of rotatable bonds is 5. The van der Waals surface area contributed by atoms with Crippen molar-refractivity contribution in [2.24, 2.45) is 13.0 Å². The Labute approximate surface area is 111 Å². The van der Waals surface area contributed by atoms with Gasteiger partial charge in [-0.3, -0.25) is 9.48 Å². The molecule has 0 saturated carbocycles. The van der Waals surface area contributed by atoms with Gasteiger partial charge in [0.1, 0.15) is 5.15 Å². The molecular weight excluding hydrogens is 260 g/mol. The van der Waals surface area contributed by atoms with Crippen molar-refractivity contribution < 1.29 is 9.53 Å². The molecule has 0 amide bonds. The SMILES string of the molecule is COC(=O)C(C)CSCc1c(C)nn(C)c1Cl. The second kappa shape index (κ2) is 6.31. The molecule has 1 rings (SSSR count). The number of carbonyl (C=O) groups is 1. The highest BCUT2D eigenvalue weighted by Gasteiger charge is 2.15. The van der Waals surface area contributed by atoms with Crippen molar-refractivity contribution in [1.82, 2.24) is 9.78 Å². The molecule has 17 heavy (non-hydrogen) atoms. The molecule has 1 atom stereocenters. The first-order valence-electron chi connectivity index (χ1n) is 5.31. The summed E-state index contributed by atoms with van der Waals surface area (Å²) in [5.41, 5.74) is 1.98. The van der Waals surface area contributed by atoms with Gasteiger partial charge in [0.25, 0.3) is 0 Å². The summed E-state index contributed by atoms with van der Waals surface area (Å²) in [4.78, 5) is 11.2. The van der Waals surface area contributed by atoms with Crippen LogP contribution in [0.25, 0.3) is 0 Å². The number of aryl methyl sites for hydroxylation is 2. The fourth-order valence-electron chi connectivity index (χ4n) is 1.44. The summed E-state index contributed by atoms with van der Waals surface area (Å²) in [5.74, 6) is 1.21. The maximum atomic E-state index is 11.2. The van der Waals surface area contributed by atoms with Crippen LogP contribution in [0.5, 0.6) is 0 Å². The molecule has 0 spiro atoms. The molecule has 0 aromatic carbocycles. The normalized spacial score (nSPS) is 12.5. The molecule has 4 nitrogen and oxygen atoms in total. The Bertz CT molecular complexity index is 406. The predicted molar refractivity (Wildman–Crippen MR) is 70.3 cm³/mol. The molecule has 6 heteroatoms. The smallest absolute Gasteiger partial charge is 0.309 e. The zero-order chi connectivity index (χ0) is 13.0. The second-order valence-electron chi connectivity index (χ2n) is 3.92. The summed E-state index contributed by atoms with van der Waals surface area (Å²) < 4.78 is 6.33. The van der Waals surface area contributed by atoms with Crippen LogP contribution < -0.4 is 0 Å². The van der Waals surface area contributed by atoms with Crippen LogP contribution in [-0.4, -0.2) is 28.6 Å². The fourth-order valence-corrected chi connectivity index (χ4v) is 2.92. The van der Waals surface area contributed by atoms with E-state index in [-0.39, 0.29) is 11.9 Å². The van der Waals surface area contributed by atoms with E-state index < -0.39 is 0 Å². The van der Waals surface area contributed by atoms with Crippen molar-refractivity contribution in [2.75, 3.05) is 12.9 Å². The van der Waals surface area contributed by atoms with Crippen molar-refractivity contribution >= 4 is 29.3 Å². The minimum Gasteiger partial charge on any atom is -0.469 e. The first-order chi connectivity index (χ1) is 7.97. The number of hydrogen-bond donors (Lipinski definition) is 0. The Kier molecular flexibility index (Phi) is 5.33. The highest BCUT2D eigenvalue weighted by molar-refractivity contribution is 7.98. The van der Waals surface area contributed by atoms with Gasteiger partial charge in [0.15, 0.2) is 0 Å². The third-order valence-corrected chi connectivity index (χ3v) is 4.19. The molecule has 0 aliphatic carbocycles. The first kappa shape index (κ1) is 14.4. The van der Waals surface area contributed by atoms with Crippen molar-refractivity contribution in [3.63, 3.8) is 0 Å². The molecule has 0 aliphatic heterocycles. The monoisotopic (exact) mass is 276 g/mol. The van der Waals surface area contributed by atoms with Gasteiger partial charge in [-0.1, -0.05) is 18.5 Å². The van der Waals surface area contributed by atoms with E-state index in [9.17, 15) is 4.79 Å². The summed E-state index contributed by atoms with van der Waals surface area (Å²) in [6, 6.07) is 0. The lowest BCUT2D eigenvalue weighted by atomic mass is 10.2. The highest BCUT2D eigenvalue weighted by Crippen LogP contribution is 2.24. The van der Waals surface area contributed by atoms with Gasteiger partial charge in [0, 0.05) is 24.1 Å². The third-order valence-electron chi connectivity index (χ3n) is 2.49. The van der Waals surface area contributed by atoms with Crippen LogP contribution in [0.2, 0.25) is 5.15 Å². The average molecular weight is 277 g/mol. The second-order valence-corrected chi connectivity index (χ2v) is 5.31. The average Bonchev–Trinajstić information content (AvgIpc) is 2.54. The first-order valence-corrected chi connectivity index (χ1v) is 6.84. The predicted octanol–water partition coefficient (Wildman–Crippen LogP) is 2.42. The number of aromatic nitrogens is 2. The number of carbonyl (C=O) groups excluding carboxylic acids is 1. The van der Waals surface area contributed by atoms with Gasteiger partial charge in [-0.05, 0) is 6.92 Å². The van der Waals surface area contributed by atoms with Crippen LogP contribution >= 0.6 is 23.4 Å². The van der Waals surface area contributed by atoms with Gasteiger partial charge in [-0.25, -0.2) is 0 Å². The van der Waals surface area contributed by atoms with Crippen molar-refractivity contribution in [3.8, 4) is 0 Å². The molecule has 1 aromatic heterocycles. The number of methoxy groups -OCH3 is 1. The van der Waals surface area contributed by atoms with Gasteiger partial charge >= 0.3 is 5.97 Å². The number of ether oxygens (including phenoxy) is 1. The lowest BCUT2D eigenvalue weighted by Gasteiger charge is -2.08. The summed E-state index contributed by atoms with van der Waals surface area (Å²) in [6.07, 6.45) is 0. The molecular formula is C11H17ClN2O2S. The molecule has 1 aromatic rings. The fraction of sp³-hybridized carbons (Fsp3) is 0.636. The lowest BCUT2D eigenvalue weighted by molar-refractivity contribution is -0.143. The Morgan fingerprint density at radius 2 is 2.29 bits per heavy atom. The van der Waals surface area contributed by atoms with E-state index in [1.807, 2.05) is 20.9 Å². The molecule has 1 heterocycles. The van der Waals surface area contributed by atoms with Gasteiger partial charge in [0.2, 0.25) is 0 Å². The summed E-state index contributed by atoms with van der Waals surface area (Å²) in [7, 11) is 3.23. The van der Waals surface area contributed by atoms with Gasteiger partial charge in [0.05, 0.1) is 18.7 Å². The molecule has 0 N–H and O–H groups in total. The van der Waals surface area contributed by atoms with Gasteiger partial charge in [-0.2, -0.15) is 16.9 Å². The van der Waals surface area contributed by atoms with Crippen molar-refractivity contribution in [1.29, 1.82) is 0 Å². The molecule has 0 bridgehead atoms. The summed E-state index contributed by atoms with van der Waals surface area (Å²) in [5, 5.41) is 4.91. The number of halogens is 1. The molecule has 96 valence electrons. The van der Waals surface area contributed by atoms with Crippen LogP contribution in [0.15, 0.2) is 0 Å². The van der Waals surface area contributed by atoms with Crippen molar-refractivity contribution in [2.45, 2.75) is 19.6 Å². The Balaban J connectivity index is 2.49. The zero-order valence-electron chi connectivity index (χ0n) is 10.5. The quantitative estimate of drug-likeness (QED) is 0.775. The van der Waals surface area contributed by atoms with E-state index in [4.69, 9.17) is 11.6 Å². The van der Waals surface area contributed by atoms with E-state index in [2.05, 4.69) is 9.84 Å². The van der Waals surface area contributed by atoms with Crippen LogP contribution in [0.1, 0.15) is 18.2 Å². The van der Waals surface area contributed by atoms with E-state index in [1.165, 1.54) is 7.11 Å². The Morgan fingerprint density at radius 1 is 1.65 bits per heavy atom. The lowest BCUT2D eigenvalue weighted by Crippen LogP contribution is -2.14. The standard InChI is InChI=1S/C11H17ClN2O2S/c1-7(11(15)16-4)5-17-6-9-8(2)13-14(3)10(9)12/h7H,5-6H2,1-4H3. The number of nitrogens with zero attached hydrogens (tertiary/aromatic N) is 2. The number of hydrogen-bond acceptors (Lipinski definition) is 4. The Hall–Kier alpha value is -0.680. The van der Waals surface area contributed by atoms with E-state index in [0.29, 0.717) is 5.15 Å². The van der Waals surface area contributed by atoms with Crippen molar-refractivity contribution in [3.05, 3.63) is 16.4 Å². The topological polar surface area (TPSA) is 44.1 Å². The zero-order valence-corrected chi connectivity index (χ0v) is 12.1. The molecule has 0 fully saturated rings. The van der Waals surface area contributed by atoms with Crippen LogP contribution in [0, 0.1) is 12.8 Å². The maximum absolute atomic E-state index is 11.2. The van der Waals surface area contributed by atoms with Gasteiger partial charge < -0.3 is 4.74 Å². The number of esters is 1. The van der Waals surface area contributed by atoms with E-state index >= 15 is 0 Å². The molecule has 0 radical (unpaired) electrons. The third kappa shape index (κ3) is 3.64. The maximum Gasteiger partial charge on any atom is 0.309 e. The largest absolute Gasteiger partial charge is 0.469 e. The number of thioether (sulfide) groups is 1. The van der Waals surface area contributed by atoms with Gasteiger partial charge in [-0.15, -0.1) is 0 Å². The minimum atomic E-state index is -0.175. The summed E-state index contributed by atoms with van der Waals surface area (Å²) >= 11 is 7.78. The van der Waals surface area contributed by atoms with Crippen LogP contribution in [0.4, 0.5) is 0 Å². The van der Waals surface area contributed by atoms with E-state index in [1.54, 1.807) is 16.4 Å². The minimum absolute atomic E-state index is 0.0965. The van der Waals surface area contributed by atoms with E-state index in [0.717, 1.165) is 22.8 Å². The summed E-state index contributed by atoms with van der Waals surface area (Å²) in [6.45, 7) is 3.79.